The largest absolute Gasteiger partial charge is 0.481 e. The van der Waals surface area contributed by atoms with Crippen molar-refractivity contribution >= 4 is 17.9 Å². The van der Waals surface area contributed by atoms with E-state index in [0.29, 0.717) is 19.3 Å². The van der Waals surface area contributed by atoms with Crippen LogP contribution >= 0.6 is 0 Å². The highest BCUT2D eigenvalue weighted by molar-refractivity contribution is 5.67. The van der Waals surface area contributed by atoms with Crippen LogP contribution < -0.4 is 0 Å². The standard InChI is InChI=1S/C18H34O2.C12H24O2.C8H16O2/c1-2-3-4-5-6-7-8-9-10-11-12-13-14-15-16-17-18(19)20;1-2-3-4-5-6-7-8-9-10-11-12(13)14;1-2-3-4-5-6-7-8(9)10/h9-10H,2-8,11-17H2,1H3,(H,19,20);2-11H2,1H3,(H,13,14);2-7H2,1H3,(H,9,10). The van der Waals surface area contributed by atoms with E-state index >= 15 is 0 Å². The quantitative estimate of drug-likeness (QED) is 0.0521. The number of unbranched alkanes of at least 4 members (excludes halogenated alkanes) is 23. The Bertz CT molecular complexity index is 616. The minimum Gasteiger partial charge on any atom is -0.481 e. The fraction of sp³-hybridized carbons (Fsp3) is 0.868. The molecular formula is C38H74O6. The lowest BCUT2D eigenvalue weighted by Gasteiger charge is -2.00. The first-order valence-electron chi connectivity index (χ1n) is 18.6. The fourth-order valence-electron chi connectivity index (χ4n) is 4.81. The van der Waals surface area contributed by atoms with Gasteiger partial charge in [-0.15, -0.1) is 0 Å². The van der Waals surface area contributed by atoms with Gasteiger partial charge in [0.25, 0.3) is 0 Å². The molecule has 0 saturated carbocycles. The molecule has 0 saturated heterocycles. The summed E-state index contributed by atoms with van der Waals surface area (Å²) in [6.07, 6.45) is 38.6. The zero-order chi connectivity index (χ0) is 33.4. The van der Waals surface area contributed by atoms with Crippen LogP contribution in [0.2, 0.25) is 0 Å². The molecule has 0 aliphatic rings. The van der Waals surface area contributed by atoms with Gasteiger partial charge in [0.05, 0.1) is 0 Å². The second-order valence-electron chi connectivity index (χ2n) is 12.3. The third-order valence-electron chi connectivity index (χ3n) is 7.64. The molecule has 0 heterocycles. The molecule has 0 aromatic rings. The molecule has 0 aromatic carbocycles. The number of carbonyl (C=O) groups is 3. The molecule has 0 aliphatic carbocycles. The lowest BCUT2D eigenvalue weighted by atomic mass is 10.1. The molecule has 0 bridgehead atoms. The average molecular weight is 627 g/mol. The highest BCUT2D eigenvalue weighted by atomic mass is 16.4. The van der Waals surface area contributed by atoms with E-state index < -0.39 is 17.9 Å². The summed E-state index contributed by atoms with van der Waals surface area (Å²) in [5.41, 5.74) is 0. The van der Waals surface area contributed by atoms with E-state index in [1.54, 1.807) is 0 Å². The van der Waals surface area contributed by atoms with Gasteiger partial charge in [0.2, 0.25) is 0 Å². The number of carboxylic acids is 3. The third-order valence-corrected chi connectivity index (χ3v) is 7.64. The molecule has 44 heavy (non-hydrogen) atoms. The molecule has 0 unspecified atom stereocenters. The molecule has 0 aromatic heterocycles. The second kappa shape index (κ2) is 43.3. The van der Waals surface area contributed by atoms with E-state index in [9.17, 15) is 14.4 Å². The van der Waals surface area contributed by atoms with E-state index in [1.807, 2.05) is 0 Å². The van der Waals surface area contributed by atoms with E-state index in [4.69, 9.17) is 15.3 Å². The van der Waals surface area contributed by atoms with Crippen molar-refractivity contribution in [1.29, 1.82) is 0 Å². The molecule has 262 valence electrons. The molecule has 0 aliphatic heterocycles. The molecule has 0 atom stereocenters. The number of hydrogen-bond acceptors (Lipinski definition) is 3. The van der Waals surface area contributed by atoms with Gasteiger partial charge in [0.15, 0.2) is 0 Å². The number of hydrogen-bond donors (Lipinski definition) is 3. The SMILES string of the molecule is CCCCCCCC(=O)O.CCCCCCCCC=CCCCCCCCC(=O)O.CCCCCCCCCCCC(=O)O. The van der Waals surface area contributed by atoms with E-state index in [2.05, 4.69) is 32.9 Å². The van der Waals surface area contributed by atoms with Crippen molar-refractivity contribution in [2.75, 3.05) is 0 Å². The molecule has 0 fully saturated rings. The van der Waals surface area contributed by atoms with Gasteiger partial charge in [0, 0.05) is 19.3 Å². The zero-order valence-corrected chi connectivity index (χ0v) is 29.4. The highest BCUT2D eigenvalue weighted by Crippen LogP contribution is 2.11. The van der Waals surface area contributed by atoms with Crippen LogP contribution in [0.4, 0.5) is 0 Å². The zero-order valence-electron chi connectivity index (χ0n) is 29.4. The first-order valence-corrected chi connectivity index (χ1v) is 18.6. The molecule has 6 heteroatoms. The first kappa shape index (κ1) is 46.6. The smallest absolute Gasteiger partial charge is 0.303 e. The summed E-state index contributed by atoms with van der Waals surface area (Å²) in [4.78, 5) is 30.6. The van der Waals surface area contributed by atoms with Crippen LogP contribution in [0.1, 0.15) is 213 Å². The van der Waals surface area contributed by atoms with Crippen LogP contribution in [0.5, 0.6) is 0 Å². The Hall–Kier alpha value is -1.85. The maximum absolute atomic E-state index is 10.3. The lowest BCUT2D eigenvalue weighted by molar-refractivity contribution is -0.138. The number of aliphatic carboxylic acids is 3. The second-order valence-corrected chi connectivity index (χ2v) is 12.3. The monoisotopic (exact) mass is 627 g/mol. The van der Waals surface area contributed by atoms with Gasteiger partial charge < -0.3 is 15.3 Å². The minimum absolute atomic E-state index is 0.332. The highest BCUT2D eigenvalue weighted by Gasteiger charge is 1.97. The number of allylic oxidation sites excluding steroid dienone is 2. The molecule has 3 N–H and O–H groups in total. The molecular weight excluding hydrogens is 552 g/mol. The fourth-order valence-corrected chi connectivity index (χ4v) is 4.81. The van der Waals surface area contributed by atoms with E-state index in [1.165, 1.54) is 135 Å². The van der Waals surface area contributed by atoms with E-state index in [0.717, 1.165) is 38.5 Å². The number of rotatable bonds is 31. The first-order chi connectivity index (χ1) is 21.3. The summed E-state index contributed by atoms with van der Waals surface area (Å²) >= 11 is 0. The van der Waals surface area contributed by atoms with Crippen molar-refractivity contribution < 1.29 is 29.7 Å². The third kappa shape index (κ3) is 56.0. The maximum atomic E-state index is 10.3. The summed E-state index contributed by atoms with van der Waals surface area (Å²) in [6, 6.07) is 0. The Balaban J connectivity index is -0.000000611. The van der Waals surface area contributed by atoms with Crippen LogP contribution in [0.3, 0.4) is 0 Å². The maximum Gasteiger partial charge on any atom is 0.303 e. The summed E-state index contributed by atoms with van der Waals surface area (Å²) < 4.78 is 0. The van der Waals surface area contributed by atoms with E-state index in [-0.39, 0.29) is 0 Å². The Morgan fingerprint density at radius 1 is 0.341 bits per heavy atom. The topological polar surface area (TPSA) is 112 Å². The van der Waals surface area contributed by atoms with Crippen LogP contribution in [-0.4, -0.2) is 33.2 Å². The average Bonchev–Trinajstić information content (AvgIpc) is 2.98. The summed E-state index contributed by atoms with van der Waals surface area (Å²) in [6.45, 7) is 6.64. The summed E-state index contributed by atoms with van der Waals surface area (Å²) in [5.74, 6) is -1.99. The van der Waals surface area contributed by atoms with Gasteiger partial charge >= 0.3 is 17.9 Å². The van der Waals surface area contributed by atoms with Crippen LogP contribution in [0.15, 0.2) is 12.2 Å². The van der Waals surface area contributed by atoms with Crippen molar-refractivity contribution in [1.82, 2.24) is 0 Å². The molecule has 0 spiro atoms. The molecule has 6 nitrogen and oxygen atoms in total. The Morgan fingerprint density at radius 3 is 0.773 bits per heavy atom. The Kier molecular flexibility index (Phi) is 45.8. The van der Waals surface area contributed by atoms with Gasteiger partial charge in [-0.25, -0.2) is 0 Å². The van der Waals surface area contributed by atoms with Gasteiger partial charge in [-0.2, -0.15) is 0 Å². The van der Waals surface area contributed by atoms with Crippen molar-refractivity contribution in [3.8, 4) is 0 Å². The molecule has 0 rings (SSSR count). The summed E-state index contributed by atoms with van der Waals surface area (Å²) in [5, 5.41) is 25.2. The normalized spacial score (nSPS) is 10.6. The number of carboxylic acid groups (broad SMARTS) is 3. The van der Waals surface area contributed by atoms with Gasteiger partial charge in [0.1, 0.15) is 0 Å². The molecule has 0 amide bonds. The van der Waals surface area contributed by atoms with Gasteiger partial charge in [-0.3, -0.25) is 14.4 Å². The molecule has 0 radical (unpaired) electrons. The van der Waals surface area contributed by atoms with Crippen molar-refractivity contribution in [3.63, 3.8) is 0 Å². The lowest BCUT2D eigenvalue weighted by Crippen LogP contribution is -1.93. The van der Waals surface area contributed by atoms with Crippen LogP contribution in [0, 0.1) is 0 Å². The Labute approximate surface area is 272 Å². The van der Waals surface area contributed by atoms with Crippen molar-refractivity contribution in [2.24, 2.45) is 0 Å². The van der Waals surface area contributed by atoms with Gasteiger partial charge in [-0.1, -0.05) is 161 Å². The summed E-state index contributed by atoms with van der Waals surface area (Å²) in [7, 11) is 0. The van der Waals surface area contributed by atoms with Crippen LogP contribution in [-0.2, 0) is 14.4 Å². The predicted octanol–water partition coefficient (Wildman–Crippen LogP) is 12.5. The van der Waals surface area contributed by atoms with Gasteiger partial charge in [-0.05, 0) is 44.9 Å². The van der Waals surface area contributed by atoms with Crippen LogP contribution in [0.25, 0.3) is 0 Å². The predicted molar refractivity (Wildman–Crippen MR) is 188 cm³/mol. The minimum atomic E-state index is -0.670. The Morgan fingerprint density at radius 2 is 0.545 bits per heavy atom. The van der Waals surface area contributed by atoms with Crippen molar-refractivity contribution in [2.45, 2.75) is 213 Å². The van der Waals surface area contributed by atoms with Crippen molar-refractivity contribution in [3.05, 3.63) is 12.2 Å².